The summed E-state index contributed by atoms with van der Waals surface area (Å²) in [5.41, 5.74) is 0. The van der Waals surface area contributed by atoms with Gasteiger partial charge in [-0.25, -0.2) is 0 Å². The van der Waals surface area contributed by atoms with Gasteiger partial charge in [0.1, 0.15) is 0 Å². The molecule has 0 aliphatic carbocycles. The summed E-state index contributed by atoms with van der Waals surface area (Å²) in [6.45, 7) is 3.65. The van der Waals surface area contributed by atoms with Crippen molar-refractivity contribution in [3.05, 3.63) is 30.3 Å². The van der Waals surface area contributed by atoms with E-state index in [0.29, 0.717) is 11.8 Å². The molecule has 3 rings (SSSR count). The summed E-state index contributed by atoms with van der Waals surface area (Å²) in [5, 5.41) is 3.17. The first-order valence-electron chi connectivity index (χ1n) is 7.00. The number of halogens is 1. The van der Waals surface area contributed by atoms with Gasteiger partial charge in [0.25, 0.3) is 0 Å². The first-order valence-corrected chi connectivity index (χ1v) is 7.99. The van der Waals surface area contributed by atoms with Gasteiger partial charge in [-0.05, 0) is 24.5 Å². The molecule has 20 heavy (non-hydrogen) atoms. The molecule has 110 valence electrons. The molecule has 0 aromatic heterocycles. The summed E-state index contributed by atoms with van der Waals surface area (Å²) in [6.07, 6.45) is 1.16. The summed E-state index contributed by atoms with van der Waals surface area (Å²) in [6, 6.07) is 10.5. The number of carbonyl (C=O) groups excluding carboxylic acids is 1. The summed E-state index contributed by atoms with van der Waals surface area (Å²) < 4.78 is 0. The quantitative estimate of drug-likeness (QED) is 0.866. The second kappa shape index (κ2) is 7.34. The van der Waals surface area contributed by atoms with Crippen LogP contribution in [0.1, 0.15) is 6.42 Å². The molecule has 0 spiro atoms. The molecular formula is C15H21ClN2OS. The van der Waals surface area contributed by atoms with Crippen LogP contribution < -0.4 is 5.32 Å². The highest BCUT2D eigenvalue weighted by molar-refractivity contribution is 7.99. The van der Waals surface area contributed by atoms with Crippen molar-refractivity contribution >= 4 is 30.1 Å². The maximum absolute atomic E-state index is 12.1. The largest absolute Gasteiger partial charge is 0.342 e. The van der Waals surface area contributed by atoms with Gasteiger partial charge in [-0.3, -0.25) is 4.79 Å². The van der Waals surface area contributed by atoms with Crippen LogP contribution >= 0.6 is 24.2 Å². The van der Waals surface area contributed by atoms with Crippen molar-refractivity contribution in [1.82, 2.24) is 10.2 Å². The maximum atomic E-state index is 12.1. The van der Waals surface area contributed by atoms with Gasteiger partial charge in [-0.15, -0.1) is 24.2 Å². The molecule has 3 nitrogen and oxygen atoms in total. The molecule has 2 saturated heterocycles. The average molecular weight is 313 g/mol. The number of hydrogen-bond acceptors (Lipinski definition) is 3. The lowest BCUT2D eigenvalue weighted by atomic mass is 10.0. The van der Waals surface area contributed by atoms with Crippen molar-refractivity contribution in [2.75, 3.05) is 31.9 Å². The Morgan fingerprint density at radius 2 is 2.05 bits per heavy atom. The van der Waals surface area contributed by atoms with Gasteiger partial charge in [0, 0.05) is 36.8 Å². The topological polar surface area (TPSA) is 32.3 Å². The summed E-state index contributed by atoms with van der Waals surface area (Å²) in [7, 11) is 0. The van der Waals surface area contributed by atoms with E-state index in [2.05, 4.69) is 34.5 Å². The zero-order valence-corrected chi connectivity index (χ0v) is 13.1. The van der Waals surface area contributed by atoms with Crippen molar-refractivity contribution in [2.24, 2.45) is 11.8 Å². The van der Waals surface area contributed by atoms with Gasteiger partial charge in [0.2, 0.25) is 5.91 Å². The lowest BCUT2D eigenvalue weighted by Crippen LogP contribution is -2.51. The first-order chi connectivity index (χ1) is 9.33. The van der Waals surface area contributed by atoms with Gasteiger partial charge in [-0.2, -0.15) is 0 Å². The Bertz CT molecular complexity index is 439. The van der Waals surface area contributed by atoms with E-state index in [0.717, 1.165) is 38.4 Å². The fourth-order valence-electron chi connectivity index (χ4n) is 2.62. The predicted molar refractivity (Wildman–Crippen MR) is 85.5 cm³/mol. The Morgan fingerprint density at radius 1 is 1.30 bits per heavy atom. The smallest absolute Gasteiger partial charge is 0.228 e. The van der Waals surface area contributed by atoms with E-state index < -0.39 is 0 Å². The van der Waals surface area contributed by atoms with Gasteiger partial charge in [0.05, 0.1) is 5.92 Å². The van der Waals surface area contributed by atoms with Crippen molar-refractivity contribution < 1.29 is 4.79 Å². The molecule has 0 saturated carbocycles. The summed E-state index contributed by atoms with van der Waals surface area (Å²) in [5.74, 6) is 2.39. The minimum Gasteiger partial charge on any atom is -0.342 e. The Balaban J connectivity index is 0.00000147. The SMILES string of the molecule is Cl.O=C(C1CNC1)N1CCC(CSc2ccccc2)C1. The fraction of sp³-hybridized carbons (Fsp3) is 0.533. The predicted octanol–water partition coefficient (Wildman–Crippen LogP) is 2.27. The Kier molecular flexibility index (Phi) is 5.75. The number of hydrogen-bond donors (Lipinski definition) is 1. The van der Waals surface area contributed by atoms with E-state index in [1.165, 1.54) is 4.90 Å². The van der Waals surface area contributed by atoms with Crippen LogP contribution in [0.5, 0.6) is 0 Å². The lowest BCUT2D eigenvalue weighted by molar-refractivity contribution is -0.136. The Morgan fingerprint density at radius 3 is 2.70 bits per heavy atom. The molecule has 1 unspecified atom stereocenters. The second-order valence-corrected chi connectivity index (χ2v) is 6.51. The molecule has 2 aliphatic heterocycles. The monoisotopic (exact) mass is 312 g/mol. The molecule has 1 N–H and O–H groups in total. The van der Waals surface area contributed by atoms with E-state index in [1.807, 2.05) is 17.8 Å². The van der Waals surface area contributed by atoms with Crippen LogP contribution in [0.3, 0.4) is 0 Å². The molecule has 1 atom stereocenters. The van der Waals surface area contributed by atoms with Crippen molar-refractivity contribution in [3.8, 4) is 0 Å². The molecule has 0 bridgehead atoms. The van der Waals surface area contributed by atoms with E-state index >= 15 is 0 Å². The number of likely N-dealkylation sites (tertiary alicyclic amines) is 1. The molecular weight excluding hydrogens is 292 g/mol. The third-order valence-corrected chi connectivity index (χ3v) is 5.20. The summed E-state index contributed by atoms with van der Waals surface area (Å²) in [4.78, 5) is 15.5. The van der Waals surface area contributed by atoms with Crippen LogP contribution in [0.15, 0.2) is 35.2 Å². The zero-order valence-electron chi connectivity index (χ0n) is 11.5. The average Bonchev–Trinajstić information content (AvgIpc) is 2.84. The highest BCUT2D eigenvalue weighted by Crippen LogP contribution is 2.26. The third kappa shape index (κ3) is 3.68. The Hall–Kier alpha value is -0.710. The van der Waals surface area contributed by atoms with Gasteiger partial charge in [0.15, 0.2) is 0 Å². The number of thioether (sulfide) groups is 1. The first kappa shape index (κ1) is 15.7. The van der Waals surface area contributed by atoms with Crippen LogP contribution in [0, 0.1) is 11.8 Å². The van der Waals surface area contributed by atoms with Gasteiger partial charge in [-0.1, -0.05) is 18.2 Å². The van der Waals surface area contributed by atoms with E-state index in [1.54, 1.807) is 0 Å². The summed E-state index contributed by atoms with van der Waals surface area (Å²) >= 11 is 1.91. The van der Waals surface area contributed by atoms with E-state index in [-0.39, 0.29) is 18.3 Å². The molecule has 2 fully saturated rings. The molecule has 2 aliphatic rings. The van der Waals surface area contributed by atoms with Crippen molar-refractivity contribution in [3.63, 3.8) is 0 Å². The lowest BCUT2D eigenvalue weighted by Gasteiger charge is -2.30. The standard InChI is InChI=1S/C15H20N2OS.ClH/c18-15(13-8-16-9-13)17-7-6-12(10-17)11-19-14-4-2-1-3-5-14;/h1-5,12-13,16H,6-11H2;1H. The van der Waals surface area contributed by atoms with Crippen LogP contribution in [-0.4, -0.2) is 42.7 Å². The maximum Gasteiger partial charge on any atom is 0.228 e. The second-order valence-electron chi connectivity index (χ2n) is 5.42. The van der Waals surface area contributed by atoms with Crippen molar-refractivity contribution in [2.45, 2.75) is 11.3 Å². The highest BCUT2D eigenvalue weighted by Gasteiger charge is 2.33. The number of nitrogens with one attached hydrogen (secondary N) is 1. The molecule has 0 radical (unpaired) electrons. The Labute approximate surface area is 130 Å². The van der Waals surface area contributed by atoms with Crippen LogP contribution in [0.25, 0.3) is 0 Å². The number of benzene rings is 1. The molecule has 2 heterocycles. The number of nitrogens with zero attached hydrogens (tertiary/aromatic N) is 1. The molecule has 1 aromatic carbocycles. The number of carbonyl (C=O) groups is 1. The number of rotatable bonds is 4. The minimum atomic E-state index is 0. The number of amides is 1. The van der Waals surface area contributed by atoms with Crippen LogP contribution in [0.2, 0.25) is 0 Å². The van der Waals surface area contributed by atoms with Crippen LogP contribution in [-0.2, 0) is 4.79 Å². The minimum absolute atomic E-state index is 0. The van der Waals surface area contributed by atoms with Crippen molar-refractivity contribution in [1.29, 1.82) is 0 Å². The van der Waals surface area contributed by atoms with Gasteiger partial charge >= 0.3 is 0 Å². The normalized spacial score (nSPS) is 22.2. The molecule has 1 aromatic rings. The zero-order chi connectivity index (χ0) is 13.1. The van der Waals surface area contributed by atoms with E-state index in [4.69, 9.17) is 0 Å². The van der Waals surface area contributed by atoms with Gasteiger partial charge < -0.3 is 10.2 Å². The third-order valence-electron chi connectivity index (χ3n) is 3.96. The fourth-order valence-corrected chi connectivity index (χ4v) is 3.67. The highest BCUT2D eigenvalue weighted by atomic mass is 35.5. The molecule has 1 amide bonds. The van der Waals surface area contributed by atoms with Crippen LogP contribution in [0.4, 0.5) is 0 Å². The molecule has 5 heteroatoms. The van der Waals surface area contributed by atoms with E-state index in [9.17, 15) is 4.79 Å².